The molecule has 1 saturated carbocycles. The van der Waals surface area contributed by atoms with Crippen LogP contribution in [0.1, 0.15) is 24.0 Å². The standard InChI is InChI=1S/C15H23NO2/c1-12-3-6-15(18-11-13-4-5-13)14(9-12)10-16-7-8-17-2/h3,6,9,13,16H,4-5,7-8,10-11H2,1-2H3. The molecule has 1 aromatic rings. The van der Waals surface area contributed by atoms with Gasteiger partial charge in [-0.25, -0.2) is 0 Å². The molecular weight excluding hydrogens is 226 g/mol. The van der Waals surface area contributed by atoms with E-state index in [9.17, 15) is 0 Å². The summed E-state index contributed by atoms with van der Waals surface area (Å²) in [6.45, 7) is 5.43. The minimum absolute atomic E-state index is 0.740. The van der Waals surface area contributed by atoms with Crippen LogP contribution in [0.5, 0.6) is 5.75 Å². The molecule has 3 heteroatoms. The van der Waals surface area contributed by atoms with Gasteiger partial charge >= 0.3 is 0 Å². The molecule has 1 N–H and O–H groups in total. The molecule has 1 fully saturated rings. The second-order valence-electron chi connectivity index (χ2n) is 5.04. The molecule has 0 aromatic heterocycles. The SMILES string of the molecule is COCCNCc1cc(C)ccc1OCC1CC1. The Hall–Kier alpha value is -1.06. The maximum Gasteiger partial charge on any atom is 0.123 e. The van der Waals surface area contributed by atoms with Crippen LogP contribution in [0.4, 0.5) is 0 Å². The van der Waals surface area contributed by atoms with Crippen LogP contribution in [-0.2, 0) is 11.3 Å². The van der Waals surface area contributed by atoms with Crippen LogP contribution < -0.4 is 10.1 Å². The Morgan fingerprint density at radius 2 is 2.17 bits per heavy atom. The number of ether oxygens (including phenoxy) is 2. The first kappa shape index (κ1) is 13.4. The van der Waals surface area contributed by atoms with Gasteiger partial charge in [-0.2, -0.15) is 0 Å². The van der Waals surface area contributed by atoms with Gasteiger partial charge in [0, 0.05) is 25.8 Å². The van der Waals surface area contributed by atoms with Crippen molar-refractivity contribution < 1.29 is 9.47 Å². The van der Waals surface area contributed by atoms with E-state index in [1.165, 1.54) is 24.0 Å². The largest absolute Gasteiger partial charge is 0.493 e. The fourth-order valence-electron chi connectivity index (χ4n) is 1.88. The minimum Gasteiger partial charge on any atom is -0.493 e. The number of aryl methyl sites for hydroxylation is 1. The van der Waals surface area contributed by atoms with E-state index >= 15 is 0 Å². The highest BCUT2D eigenvalue weighted by Crippen LogP contribution is 2.30. The molecule has 0 spiro atoms. The third kappa shape index (κ3) is 4.31. The van der Waals surface area contributed by atoms with Crippen molar-refractivity contribution in [1.82, 2.24) is 5.32 Å². The second-order valence-corrected chi connectivity index (χ2v) is 5.04. The number of benzene rings is 1. The van der Waals surface area contributed by atoms with Gasteiger partial charge in [0.25, 0.3) is 0 Å². The minimum atomic E-state index is 0.740. The van der Waals surface area contributed by atoms with Crippen molar-refractivity contribution in [3.63, 3.8) is 0 Å². The lowest BCUT2D eigenvalue weighted by Crippen LogP contribution is -2.19. The average Bonchev–Trinajstić information content (AvgIpc) is 3.17. The third-order valence-corrected chi connectivity index (χ3v) is 3.19. The Bertz CT molecular complexity index is 375. The van der Waals surface area contributed by atoms with Crippen LogP contribution in [0.25, 0.3) is 0 Å². The molecule has 3 nitrogen and oxygen atoms in total. The first-order valence-electron chi connectivity index (χ1n) is 6.71. The lowest BCUT2D eigenvalue weighted by molar-refractivity contribution is 0.199. The third-order valence-electron chi connectivity index (χ3n) is 3.19. The van der Waals surface area contributed by atoms with E-state index in [1.54, 1.807) is 7.11 Å². The summed E-state index contributed by atoms with van der Waals surface area (Å²) in [6.07, 6.45) is 2.65. The van der Waals surface area contributed by atoms with Gasteiger partial charge in [-0.3, -0.25) is 0 Å². The normalized spacial score (nSPS) is 14.8. The van der Waals surface area contributed by atoms with Gasteiger partial charge in [-0.05, 0) is 31.7 Å². The monoisotopic (exact) mass is 249 g/mol. The summed E-state index contributed by atoms with van der Waals surface area (Å²) < 4.78 is 10.9. The first-order valence-corrected chi connectivity index (χ1v) is 6.71. The van der Waals surface area contributed by atoms with Crippen molar-refractivity contribution in [3.8, 4) is 5.75 Å². The molecule has 18 heavy (non-hydrogen) atoms. The lowest BCUT2D eigenvalue weighted by Gasteiger charge is -2.13. The predicted molar refractivity (Wildman–Crippen MR) is 73.0 cm³/mol. The highest BCUT2D eigenvalue weighted by molar-refractivity contribution is 5.36. The molecule has 0 radical (unpaired) electrons. The van der Waals surface area contributed by atoms with Gasteiger partial charge in [-0.1, -0.05) is 17.7 Å². The molecule has 100 valence electrons. The van der Waals surface area contributed by atoms with Gasteiger partial charge in [-0.15, -0.1) is 0 Å². The van der Waals surface area contributed by atoms with Crippen LogP contribution in [0.3, 0.4) is 0 Å². The summed E-state index contributed by atoms with van der Waals surface area (Å²) in [6, 6.07) is 6.40. The highest BCUT2D eigenvalue weighted by atomic mass is 16.5. The van der Waals surface area contributed by atoms with E-state index in [2.05, 4.69) is 30.4 Å². The Kier molecular flexibility index (Phi) is 5.02. The van der Waals surface area contributed by atoms with Gasteiger partial charge in [0.15, 0.2) is 0 Å². The Labute approximate surface area is 109 Å². The summed E-state index contributed by atoms with van der Waals surface area (Å²) in [5, 5.41) is 3.37. The van der Waals surface area contributed by atoms with Crippen molar-refractivity contribution in [3.05, 3.63) is 29.3 Å². The Balaban J connectivity index is 1.89. The molecule has 2 rings (SSSR count). The topological polar surface area (TPSA) is 30.5 Å². The molecule has 0 heterocycles. The Morgan fingerprint density at radius 1 is 1.33 bits per heavy atom. The number of hydrogen-bond donors (Lipinski definition) is 1. The molecule has 1 aromatic carbocycles. The molecule has 0 bridgehead atoms. The maximum atomic E-state index is 5.90. The van der Waals surface area contributed by atoms with E-state index in [4.69, 9.17) is 9.47 Å². The van der Waals surface area contributed by atoms with Crippen LogP contribution in [0, 0.1) is 12.8 Å². The number of methoxy groups -OCH3 is 1. The zero-order valence-electron chi connectivity index (χ0n) is 11.4. The molecule has 0 saturated heterocycles. The quantitative estimate of drug-likeness (QED) is 0.718. The highest BCUT2D eigenvalue weighted by Gasteiger charge is 2.22. The van der Waals surface area contributed by atoms with E-state index in [0.717, 1.165) is 38.0 Å². The van der Waals surface area contributed by atoms with Crippen LogP contribution >= 0.6 is 0 Å². The zero-order valence-corrected chi connectivity index (χ0v) is 11.4. The fraction of sp³-hybridized carbons (Fsp3) is 0.600. The summed E-state index contributed by atoms with van der Waals surface area (Å²) in [5.74, 6) is 1.82. The van der Waals surface area contributed by atoms with E-state index < -0.39 is 0 Å². The van der Waals surface area contributed by atoms with Crippen LogP contribution in [-0.4, -0.2) is 26.9 Å². The molecule has 0 unspecified atom stereocenters. The van der Waals surface area contributed by atoms with Crippen molar-refractivity contribution in [1.29, 1.82) is 0 Å². The smallest absolute Gasteiger partial charge is 0.123 e. The van der Waals surface area contributed by atoms with Crippen molar-refractivity contribution in [2.24, 2.45) is 5.92 Å². The average molecular weight is 249 g/mol. The number of rotatable bonds is 8. The molecule has 0 amide bonds. The zero-order chi connectivity index (χ0) is 12.8. The van der Waals surface area contributed by atoms with E-state index in [1.807, 2.05) is 0 Å². The maximum absolute atomic E-state index is 5.90. The summed E-state index contributed by atoms with van der Waals surface area (Å²) in [5.41, 5.74) is 2.52. The molecular formula is C15H23NO2. The van der Waals surface area contributed by atoms with Gasteiger partial charge in [0.05, 0.1) is 13.2 Å². The Morgan fingerprint density at radius 3 is 2.89 bits per heavy atom. The van der Waals surface area contributed by atoms with Gasteiger partial charge in [0.1, 0.15) is 5.75 Å². The van der Waals surface area contributed by atoms with Gasteiger partial charge in [0.2, 0.25) is 0 Å². The number of nitrogens with one attached hydrogen (secondary N) is 1. The molecule has 0 aliphatic heterocycles. The van der Waals surface area contributed by atoms with E-state index in [-0.39, 0.29) is 0 Å². The number of hydrogen-bond acceptors (Lipinski definition) is 3. The molecule has 1 aliphatic rings. The fourth-order valence-corrected chi connectivity index (χ4v) is 1.88. The lowest BCUT2D eigenvalue weighted by atomic mass is 10.1. The molecule has 1 aliphatic carbocycles. The second kappa shape index (κ2) is 6.76. The van der Waals surface area contributed by atoms with Gasteiger partial charge < -0.3 is 14.8 Å². The summed E-state index contributed by atoms with van der Waals surface area (Å²) >= 11 is 0. The molecule has 0 atom stereocenters. The van der Waals surface area contributed by atoms with E-state index in [0.29, 0.717) is 0 Å². The van der Waals surface area contributed by atoms with Crippen LogP contribution in [0.15, 0.2) is 18.2 Å². The van der Waals surface area contributed by atoms with Crippen molar-refractivity contribution >= 4 is 0 Å². The summed E-state index contributed by atoms with van der Waals surface area (Å²) in [7, 11) is 1.72. The van der Waals surface area contributed by atoms with Crippen molar-refractivity contribution in [2.75, 3.05) is 26.9 Å². The predicted octanol–water partition coefficient (Wildman–Crippen LogP) is 2.52. The van der Waals surface area contributed by atoms with Crippen molar-refractivity contribution in [2.45, 2.75) is 26.3 Å². The summed E-state index contributed by atoms with van der Waals surface area (Å²) in [4.78, 5) is 0. The van der Waals surface area contributed by atoms with Crippen LogP contribution in [0.2, 0.25) is 0 Å². The first-order chi connectivity index (χ1) is 8.79.